The molecular formula is C12H22N2. The van der Waals surface area contributed by atoms with E-state index in [1.165, 1.54) is 45.2 Å². The molecular weight excluding hydrogens is 172 g/mol. The molecule has 3 fully saturated rings. The number of hydrogen-bond donors (Lipinski definition) is 1. The third-order valence-corrected chi connectivity index (χ3v) is 4.87. The van der Waals surface area contributed by atoms with Gasteiger partial charge in [-0.2, -0.15) is 0 Å². The molecule has 3 rings (SSSR count). The molecule has 2 saturated heterocycles. The Hall–Kier alpha value is -0.0800. The van der Waals surface area contributed by atoms with E-state index in [0.717, 1.165) is 23.9 Å². The van der Waals surface area contributed by atoms with Gasteiger partial charge in [0.2, 0.25) is 0 Å². The predicted molar refractivity (Wildman–Crippen MR) is 58.3 cm³/mol. The minimum absolute atomic E-state index is 0.907. The zero-order valence-electron chi connectivity index (χ0n) is 9.21. The van der Waals surface area contributed by atoms with Crippen molar-refractivity contribution in [3.8, 4) is 0 Å². The van der Waals surface area contributed by atoms with Gasteiger partial charge in [-0.25, -0.2) is 0 Å². The number of piperidine rings is 1. The van der Waals surface area contributed by atoms with Gasteiger partial charge in [-0.3, -0.25) is 4.90 Å². The van der Waals surface area contributed by atoms with Gasteiger partial charge in [-0.05, 0) is 51.2 Å². The van der Waals surface area contributed by atoms with Gasteiger partial charge in [0.15, 0.2) is 0 Å². The SMILES string of the molecule is CN1C2CCCCC2C2CNCCC21. The second-order valence-corrected chi connectivity index (χ2v) is 5.41. The molecule has 0 bridgehead atoms. The molecule has 1 saturated carbocycles. The van der Waals surface area contributed by atoms with E-state index in [9.17, 15) is 0 Å². The van der Waals surface area contributed by atoms with Crippen molar-refractivity contribution in [3.05, 3.63) is 0 Å². The zero-order valence-corrected chi connectivity index (χ0v) is 9.21. The predicted octanol–water partition coefficient (Wildman–Crippen LogP) is 1.47. The van der Waals surface area contributed by atoms with E-state index in [1.807, 2.05) is 0 Å². The molecule has 4 atom stereocenters. The van der Waals surface area contributed by atoms with Crippen LogP contribution in [0, 0.1) is 11.8 Å². The number of nitrogens with zero attached hydrogens (tertiary/aromatic N) is 1. The normalized spacial score (nSPS) is 48.6. The lowest BCUT2D eigenvalue weighted by atomic mass is 9.77. The molecule has 1 N–H and O–H groups in total. The van der Waals surface area contributed by atoms with Crippen molar-refractivity contribution in [1.29, 1.82) is 0 Å². The molecule has 0 amide bonds. The average Bonchev–Trinajstić information content (AvgIpc) is 2.55. The Morgan fingerprint density at radius 3 is 2.71 bits per heavy atom. The summed E-state index contributed by atoms with van der Waals surface area (Å²) >= 11 is 0. The lowest BCUT2D eigenvalue weighted by Gasteiger charge is -2.31. The monoisotopic (exact) mass is 194 g/mol. The number of fused-ring (bicyclic) bond motifs is 3. The smallest absolute Gasteiger partial charge is 0.0151 e. The van der Waals surface area contributed by atoms with E-state index in [2.05, 4.69) is 17.3 Å². The molecule has 4 unspecified atom stereocenters. The van der Waals surface area contributed by atoms with E-state index in [-0.39, 0.29) is 0 Å². The Bertz CT molecular complexity index is 194. The first kappa shape index (κ1) is 9.17. The highest BCUT2D eigenvalue weighted by atomic mass is 15.2. The molecule has 80 valence electrons. The summed E-state index contributed by atoms with van der Waals surface area (Å²) in [5, 5.41) is 3.58. The number of rotatable bonds is 0. The highest BCUT2D eigenvalue weighted by Crippen LogP contribution is 2.44. The van der Waals surface area contributed by atoms with Crippen molar-refractivity contribution in [2.75, 3.05) is 20.1 Å². The Morgan fingerprint density at radius 1 is 1.00 bits per heavy atom. The summed E-state index contributed by atoms with van der Waals surface area (Å²) < 4.78 is 0. The van der Waals surface area contributed by atoms with Gasteiger partial charge < -0.3 is 5.32 Å². The van der Waals surface area contributed by atoms with E-state index in [0.29, 0.717) is 0 Å². The van der Waals surface area contributed by atoms with Crippen LogP contribution in [0.15, 0.2) is 0 Å². The molecule has 2 heteroatoms. The van der Waals surface area contributed by atoms with Crippen LogP contribution >= 0.6 is 0 Å². The van der Waals surface area contributed by atoms with Crippen molar-refractivity contribution < 1.29 is 0 Å². The van der Waals surface area contributed by atoms with Crippen LogP contribution < -0.4 is 5.32 Å². The van der Waals surface area contributed by atoms with Gasteiger partial charge in [-0.15, -0.1) is 0 Å². The summed E-state index contributed by atoms with van der Waals surface area (Å²) in [4.78, 5) is 2.72. The molecule has 3 aliphatic rings. The molecule has 1 aliphatic carbocycles. The van der Waals surface area contributed by atoms with E-state index >= 15 is 0 Å². The Morgan fingerprint density at radius 2 is 1.79 bits per heavy atom. The van der Waals surface area contributed by atoms with Crippen LogP contribution in [0.3, 0.4) is 0 Å². The average molecular weight is 194 g/mol. The second-order valence-electron chi connectivity index (χ2n) is 5.41. The molecule has 2 heterocycles. The summed E-state index contributed by atoms with van der Waals surface area (Å²) in [6.45, 7) is 2.53. The standard InChI is InChI=1S/C12H22N2/c1-14-11-5-3-2-4-9(11)10-8-13-7-6-12(10)14/h9-13H,2-8H2,1H3. The van der Waals surface area contributed by atoms with Gasteiger partial charge in [-0.1, -0.05) is 12.8 Å². The number of likely N-dealkylation sites (tertiary alicyclic amines) is 1. The first-order chi connectivity index (χ1) is 6.88. The largest absolute Gasteiger partial charge is 0.316 e. The van der Waals surface area contributed by atoms with E-state index in [1.54, 1.807) is 0 Å². The third-order valence-electron chi connectivity index (χ3n) is 4.87. The molecule has 0 aromatic rings. The fourth-order valence-corrected chi connectivity index (χ4v) is 4.20. The fraction of sp³-hybridized carbons (Fsp3) is 1.00. The Labute approximate surface area is 87.0 Å². The van der Waals surface area contributed by atoms with Gasteiger partial charge in [0.05, 0.1) is 0 Å². The van der Waals surface area contributed by atoms with Crippen LogP contribution in [0.25, 0.3) is 0 Å². The summed E-state index contributed by atoms with van der Waals surface area (Å²) in [6.07, 6.45) is 7.30. The molecule has 14 heavy (non-hydrogen) atoms. The maximum atomic E-state index is 3.58. The van der Waals surface area contributed by atoms with Gasteiger partial charge in [0, 0.05) is 12.1 Å². The van der Waals surface area contributed by atoms with Crippen molar-refractivity contribution in [3.63, 3.8) is 0 Å². The quantitative estimate of drug-likeness (QED) is 0.628. The number of hydrogen-bond acceptors (Lipinski definition) is 2. The van der Waals surface area contributed by atoms with Gasteiger partial charge in [0.25, 0.3) is 0 Å². The highest BCUT2D eigenvalue weighted by molar-refractivity contribution is 5.02. The summed E-state index contributed by atoms with van der Waals surface area (Å²) in [6, 6.07) is 1.84. The van der Waals surface area contributed by atoms with Gasteiger partial charge in [0.1, 0.15) is 0 Å². The van der Waals surface area contributed by atoms with Crippen LogP contribution in [-0.4, -0.2) is 37.1 Å². The summed E-state index contributed by atoms with van der Waals surface area (Å²) in [7, 11) is 2.37. The van der Waals surface area contributed by atoms with E-state index in [4.69, 9.17) is 0 Å². The molecule has 0 radical (unpaired) electrons. The molecule has 0 aromatic heterocycles. The molecule has 2 nitrogen and oxygen atoms in total. The third kappa shape index (κ3) is 1.24. The van der Waals surface area contributed by atoms with Crippen LogP contribution in [0.2, 0.25) is 0 Å². The lowest BCUT2D eigenvalue weighted by Crippen LogP contribution is -2.43. The minimum Gasteiger partial charge on any atom is -0.316 e. The second kappa shape index (κ2) is 3.49. The zero-order chi connectivity index (χ0) is 9.54. The number of nitrogens with one attached hydrogen (secondary N) is 1. The lowest BCUT2D eigenvalue weighted by molar-refractivity contribution is 0.179. The fourth-order valence-electron chi connectivity index (χ4n) is 4.20. The van der Waals surface area contributed by atoms with Crippen molar-refractivity contribution in [2.45, 2.75) is 44.2 Å². The van der Waals surface area contributed by atoms with Crippen LogP contribution in [0.1, 0.15) is 32.1 Å². The Balaban J connectivity index is 1.83. The topological polar surface area (TPSA) is 15.3 Å². The molecule has 0 spiro atoms. The van der Waals surface area contributed by atoms with Crippen LogP contribution in [-0.2, 0) is 0 Å². The van der Waals surface area contributed by atoms with Crippen molar-refractivity contribution in [1.82, 2.24) is 10.2 Å². The maximum absolute atomic E-state index is 3.58. The first-order valence-corrected chi connectivity index (χ1v) is 6.30. The summed E-state index contributed by atoms with van der Waals surface area (Å²) in [5.41, 5.74) is 0. The Kier molecular flexibility index (Phi) is 2.29. The van der Waals surface area contributed by atoms with Crippen LogP contribution in [0.4, 0.5) is 0 Å². The van der Waals surface area contributed by atoms with E-state index < -0.39 is 0 Å². The highest BCUT2D eigenvalue weighted by Gasteiger charge is 2.47. The first-order valence-electron chi connectivity index (χ1n) is 6.30. The molecule has 0 aromatic carbocycles. The van der Waals surface area contributed by atoms with Gasteiger partial charge >= 0.3 is 0 Å². The summed E-state index contributed by atoms with van der Waals surface area (Å²) in [5.74, 6) is 1.99. The van der Waals surface area contributed by atoms with Crippen molar-refractivity contribution >= 4 is 0 Å². The maximum Gasteiger partial charge on any atom is 0.0151 e. The molecule has 2 aliphatic heterocycles. The minimum atomic E-state index is 0.907. The van der Waals surface area contributed by atoms with Crippen LogP contribution in [0.5, 0.6) is 0 Å². The van der Waals surface area contributed by atoms with Crippen molar-refractivity contribution in [2.24, 2.45) is 11.8 Å².